The molecule has 11 aromatic rings. The van der Waals surface area contributed by atoms with Crippen LogP contribution < -0.4 is 0 Å². The van der Waals surface area contributed by atoms with Crippen LogP contribution in [0.3, 0.4) is 0 Å². The average molecular weight is 700 g/mol. The van der Waals surface area contributed by atoms with Gasteiger partial charge in [0.1, 0.15) is 0 Å². The van der Waals surface area contributed by atoms with Gasteiger partial charge < -0.3 is 13.7 Å². The van der Waals surface area contributed by atoms with Crippen LogP contribution in [-0.2, 0) is 0 Å². The second kappa shape index (κ2) is 11.8. The summed E-state index contributed by atoms with van der Waals surface area (Å²) in [4.78, 5) is 0. The zero-order chi connectivity index (χ0) is 36.6. The van der Waals surface area contributed by atoms with Gasteiger partial charge in [-0.15, -0.1) is 0 Å². The SMILES string of the molecule is N#Cc1ccc2c3cc(-n4c5ccccc5c5ccccc54)ccc3n(-c3ccc(-c4ccc(-n5c6ccccc6c6ccccc65)cc4)c(C#N)c3)c2c1. The highest BCUT2D eigenvalue weighted by Crippen LogP contribution is 2.39. The molecular weight excluding hydrogens is 671 g/mol. The number of nitrogens with zero attached hydrogens (tertiary/aromatic N) is 5. The summed E-state index contributed by atoms with van der Waals surface area (Å²) in [6.45, 7) is 0. The van der Waals surface area contributed by atoms with Gasteiger partial charge in [0.2, 0.25) is 0 Å². The number of hydrogen-bond acceptors (Lipinski definition) is 2. The molecule has 3 aromatic heterocycles. The smallest absolute Gasteiger partial charge is 0.0998 e. The molecule has 5 heteroatoms. The van der Waals surface area contributed by atoms with E-state index in [1.165, 1.54) is 21.5 Å². The maximum absolute atomic E-state index is 10.6. The molecule has 0 amide bonds. The summed E-state index contributed by atoms with van der Waals surface area (Å²) in [6, 6.07) is 65.9. The van der Waals surface area contributed by atoms with Gasteiger partial charge in [0.25, 0.3) is 0 Å². The molecule has 0 N–H and O–H groups in total. The van der Waals surface area contributed by atoms with Crippen molar-refractivity contribution in [1.29, 1.82) is 10.5 Å². The van der Waals surface area contributed by atoms with Crippen molar-refractivity contribution in [3.63, 3.8) is 0 Å². The number of rotatable bonds is 4. The summed E-state index contributed by atoms with van der Waals surface area (Å²) in [6.07, 6.45) is 0. The Morgan fingerprint density at radius 1 is 0.327 bits per heavy atom. The molecule has 8 aromatic carbocycles. The normalized spacial score (nSPS) is 11.6. The molecule has 0 saturated carbocycles. The molecule has 0 aliphatic heterocycles. The van der Waals surface area contributed by atoms with E-state index in [0.29, 0.717) is 11.1 Å². The summed E-state index contributed by atoms with van der Waals surface area (Å²) >= 11 is 0. The number of benzene rings is 8. The molecule has 0 saturated heterocycles. The Kier molecular flexibility index (Phi) is 6.61. The van der Waals surface area contributed by atoms with Crippen molar-refractivity contribution in [1.82, 2.24) is 13.7 Å². The second-order valence-corrected chi connectivity index (χ2v) is 14.0. The largest absolute Gasteiger partial charge is 0.309 e. The van der Waals surface area contributed by atoms with Crippen LogP contribution >= 0.6 is 0 Å². The molecule has 0 bridgehead atoms. The Morgan fingerprint density at radius 2 is 0.782 bits per heavy atom. The van der Waals surface area contributed by atoms with Crippen LogP contribution in [0.2, 0.25) is 0 Å². The van der Waals surface area contributed by atoms with Crippen molar-refractivity contribution in [2.24, 2.45) is 0 Å². The molecule has 0 aliphatic rings. The van der Waals surface area contributed by atoms with E-state index in [1.807, 2.05) is 30.3 Å². The topological polar surface area (TPSA) is 62.4 Å². The lowest BCUT2D eigenvalue weighted by Crippen LogP contribution is -1.98. The van der Waals surface area contributed by atoms with E-state index in [0.717, 1.165) is 72.1 Å². The van der Waals surface area contributed by atoms with Crippen LogP contribution in [0.5, 0.6) is 0 Å². The predicted molar refractivity (Wildman–Crippen MR) is 224 cm³/mol. The quantitative estimate of drug-likeness (QED) is 0.184. The summed E-state index contributed by atoms with van der Waals surface area (Å²) in [5, 5.41) is 27.5. The highest BCUT2D eigenvalue weighted by atomic mass is 15.0. The maximum Gasteiger partial charge on any atom is 0.0998 e. The molecule has 5 nitrogen and oxygen atoms in total. The first kappa shape index (κ1) is 30.7. The fraction of sp³-hybridized carbons (Fsp3) is 0. The molecule has 11 rings (SSSR count). The average Bonchev–Trinajstić information content (AvgIpc) is 3.89. The molecule has 0 atom stereocenters. The van der Waals surface area contributed by atoms with Crippen molar-refractivity contribution < 1.29 is 0 Å². The lowest BCUT2D eigenvalue weighted by molar-refractivity contribution is 1.16. The van der Waals surface area contributed by atoms with E-state index in [-0.39, 0.29) is 0 Å². The van der Waals surface area contributed by atoms with Crippen LogP contribution in [0.1, 0.15) is 11.1 Å². The highest BCUT2D eigenvalue weighted by molar-refractivity contribution is 6.13. The Balaban J connectivity index is 1.05. The van der Waals surface area contributed by atoms with Gasteiger partial charge in [-0.25, -0.2) is 0 Å². The first-order chi connectivity index (χ1) is 27.2. The molecule has 3 heterocycles. The van der Waals surface area contributed by atoms with Crippen molar-refractivity contribution in [2.45, 2.75) is 0 Å². The predicted octanol–water partition coefficient (Wildman–Crippen LogP) is 12.4. The van der Waals surface area contributed by atoms with Gasteiger partial charge >= 0.3 is 0 Å². The standard InChI is InChI=1S/C50H29N5/c51-30-32-17-24-43-44-29-37(54-47-15-7-3-11-41(47)42-12-4-8-16-48(42)54)23-26-49(44)55(50(43)27-32)36-22-25-38(34(28-36)31-52)33-18-20-35(21-19-33)53-45-13-5-1-9-39(45)40-10-2-6-14-46(40)53/h1-29H. The third-order valence-electron chi connectivity index (χ3n) is 11.1. The highest BCUT2D eigenvalue weighted by Gasteiger charge is 2.18. The number of hydrogen-bond donors (Lipinski definition) is 0. The minimum Gasteiger partial charge on any atom is -0.309 e. The second-order valence-electron chi connectivity index (χ2n) is 14.0. The first-order valence-electron chi connectivity index (χ1n) is 18.3. The van der Waals surface area contributed by atoms with Crippen LogP contribution in [0.4, 0.5) is 0 Å². The third-order valence-corrected chi connectivity index (χ3v) is 11.1. The molecule has 0 radical (unpaired) electrons. The summed E-state index contributed by atoms with van der Waals surface area (Å²) in [7, 11) is 0. The summed E-state index contributed by atoms with van der Waals surface area (Å²) in [5.41, 5.74) is 12.5. The Hall–Kier alpha value is -7.86. The van der Waals surface area contributed by atoms with E-state index >= 15 is 0 Å². The molecule has 254 valence electrons. The van der Waals surface area contributed by atoms with Gasteiger partial charge in [-0.1, -0.05) is 97.1 Å². The summed E-state index contributed by atoms with van der Waals surface area (Å²) < 4.78 is 6.80. The molecule has 0 spiro atoms. The van der Waals surface area contributed by atoms with Crippen LogP contribution in [0.15, 0.2) is 176 Å². The van der Waals surface area contributed by atoms with Crippen molar-refractivity contribution >= 4 is 65.4 Å². The summed E-state index contributed by atoms with van der Waals surface area (Å²) in [5.74, 6) is 0. The minimum atomic E-state index is 0.579. The first-order valence-corrected chi connectivity index (χ1v) is 18.3. The van der Waals surface area contributed by atoms with E-state index in [1.54, 1.807) is 0 Å². The number of nitriles is 2. The molecule has 0 aliphatic carbocycles. The Labute approximate surface area is 316 Å². The van der Waals surface area contributed by atoms with Crippen molar-refractivity contribution in [3.05, 3.63) is 187 Å². The Morgan fingerprint density at radius 3 is 1.35 bits per heavy atom. The minimum absolute atomic E-state index is 0.579. The number of fused-ring (bicyclic) bond motifs is 9. The van der Waals surface area contributed by atoms with E-state index < -0.39 is 0 Å². The molecule has 0 fully saturated rings. The fourth-order valence-electron chi connectivity index (χ4n) is 8.70. The number of aromatic nitrogens is 3. The lowest BCUT2D eigenvalue weighted by atomic mass is 9.99. The third kappa shape index (κ3) is 4.51. The Bertz CT molecular complexity index is 3350. The fourth-order valence-corrected chi connectivity index (χ4v) is 8.70. The molecule has 55 heavy (non-hydrogen) atoms. The van der Waals surface area contributed by atoms with Gasteiger partial charge in [-0.05, 0) is 90.0 Å². The van der Waals surface area contributed by atoms with Gasteiger partial charge in [0, 0.05) is 49.4 Å². The van der Waals surface area contributed by atoms with Crippen molar-refractivity contribution in [3.8, 4) is 40.3 Å². The van der Waals surface area contributed by atoms with E-state index in [9.17, 15) is 10.5 Å². The zero-order valence-corrected chi connectivity index (χ0v) is 29.5. The molecule has 0 unspecified atom stereocenters. The van der Waals surface area contributed by atoms with Gasteiger partial charge in [0.15, 0.2) is 0 Å². The zero-order valence-electron chi connectivity index (χ0n) is 29.5. The van der Waals surface area contributed by atoms with E-state index in [2.05, 4.69) is 171 Å². The van der Waals surface area contributed by atoms with Gasteiger partial charge in [0.05, 0.1) is 56.4 Å². The van der Waals surface area contributed by atoms with Crippen LogP contribution in [0.25, 0.3) is 93.6 Å². The lowest BCUT2D eigenvalue weighted by Gasteiger charge is -2.13. The van der Waals surface area contributed by atoms with Gasteiger partial charge in [-0.3, -0.25) is 0 Å². The monoisotopic (exact) mass is 699 g/mol. The van der Waals surface area contributed by atoms with Crippen LogP contribution in [-0.4, -0.2) is 13.7 Å². The molecular formula is C50H29N5. The van der Waals surface area contributed by atoms with E-state index in [4.69, 9.17) is 0 Å². The van der Waals surface area contributed by atoms with Crippen molar-refractivity contribution in [2.75, 3.05) is 0 Å². The van der Waals surface area contributed by atoms with Gasteiger partial charge in [-0.2, -0.15) is 10.5 Å². The maximum atomic E-state index is 10.6. The van der Waals surface area contributed by atoms with Crippen LogP contribution in [0, 0.1) is 22.7 Å². The number of para-hydroxylation sites is 4.